The summed E-state index contributed by atoms with van der Waals surface area (Å²) in [6.07, 6.45) is 0.0769. The van der Waals surface area contributed by atoms with Crippen molar-refractivity contribution in [2.24, 2.45) is 0 Å². The first kappa shape index (κ1) is 18.9. The lowest BCUT2D eigenvalue weighted by Gasteiger charge is -2.38. The molecule has 0 spiro atoms. The van der Waals surface area contributed by atoms with Crippen molar-refractivity contribution in [3.63, 3.8) is 0 Å². The molecule has 2 aliphatic rings. The van der Waals surface area contributed by atoms with E-state index in [0.717, 1.165) is 19.5 Å². The molecule has 2 aromatic carbocycles. The Morgan fingerprint density at radius 1 is 1.21 bits per heavy atom. The second-order valence-corrected chi connectivity index (χ2v) is 7.63. The van der Waals surface area contributed by atoms with Crippen LogP contribution in [0, 0.1) is 5.82 Å². The predicted molar refractivity (Wildman–Crippen MR) is 103 cm³/mol. The van der Waals surface area contributed by atoms with Crippen LogP contribution >= 0.6 is 0 Å². The van der Waals surface area contributed by atoms with Gasteiger partial charge in [-0.25, -0.2) is 4.39 Å². The summed E-state index contributed by atoms with van der Waals surface area (Å²) in [5.41, 5.74) is 2.58. The summed E-state index contributed by atoms with van der Waals surface area (Å²) in [7, 11) is 0. The number of amides is 1. The molecule has 0 bridgehead atoms. The van der Waals surface area contributed by atoms with Gasteiger partial charge in [-0.1, -0.05) is 30.3 Å². The summed E-state index contributed by atoms with van der Waals surface area (Å²) in [4.78, 5) is 14.0. The number of benzene rings is 2. The molecule has 4 atom stereocenters. The first-order chi connectivity index (χ1) is 13.5. The highest BCUT2D eigenvalue weighted by Crippen LogP contribution is 2.32. The van der Waals surface area contributed by atoms with Crippen molar-refractivity contribution in [2.75, 3.05) is 6.54 Å². The predicted octanol–water partition coefficient (Wildman–Crippen LogP) is 2.27. The number of nitrogens with zero attached hydrogens (tertiary/aromatic N) is 1. The Morgan fingerprint density at radius 3 is 2.75 bits per heavy atom. The van der Waals surface area contributed by atoms with Gasteiger partial charge in [0.05, 0.1) is 12.1 Å². The van der Waals surface area contributed by atoms with Crippen LogP contribution in [0.25, 0.3) is 0 Å². The van der Waals surface area contributed by atoms with Crippen molar-refractivity contribution < 1.29 is 19.0 Å². The largest absolute Gasteiger partial charge is 0.487 e. The Bertz CT molecular complexity index is 859. The molecule has 0 saturated heterocycles. The number of hydrogen-bond donors (Lipinski definition) is 2. The molecule has 1 saturated carbocycles. The van der Waals surface area contributed by atoms with E-state index >= 15 is 0 Å². The number of rotatable bonds is 4. The second kappa shape index (κ2) is 7.89. The lowest BCUT2D eigenvalue weighted by atomic mass is 9.97. The van der Waals surface area contributed by atoms with Crippen LogP contribution in [-0.4, -0.2) is 46.7 Å². The quantitative estimate of drug-likeness (QED) is 0.849. The molecule has 0 radical (unpaired) electrons. The fraction of sp³-hybridized carbons (Fsp3) is 0.409. The highest BCUT2D eigenvalue weighted by Gasteiger charge is 2.47. The average molecular weight is 384 g/mol. The van der Waals surface area contributed by atoms with E-state index in [0.29, 0.717) is 12.2 Å². The SMILES string of the molecule is CC(=O)N[C@@H]1C[C@@H](Oc2cccc(F)c2)[C@H](O)[C@H]1N1CCc2ccccc2C1. The van der Waals surface area contributed by atoms with E-state index in [1.165, 1.54) is 30.2 Å². The van der Waals surface area contributed by atoms with Gasteiger partial charge in [0.2, 0.25) is 5.91 Å². The van der Waals surface area contributed by atoms with Gasteiger partial charge < -0.3 is 15.2 Å². The fourth-order valence-electron chi connectivity index (χ4n) is 4.47. The van der Waals surface area contributed by atoms with Gasteiger partial charge in [0.15, 0.2) is 0 Å². The van der Waals surface area contributed by atoms with Crippen LogP contribution in [0.4, 0.5) is 4.39 Å². The Labute approximate surface area is 164 Å². The molecule has 1 heterocycles. The molecular weight excluding hydrogens is 359 g/mol. The van der Waals surface area contributed by atoms with Gasteiger partial charge in [0, 0.05) is 32.5 Å². The van der Waals surface area contributed by atoms with Crippen LogP contribution in [0.15, 0.2) is 48.5 Å². The lowest BCUT2D eigenvalue weighted by molar-refractivity contribution is -0.120. The minimum Gasteiger partial charge on any atom is -0.487 e. The van der Waals surface area contributed by atoms with Crippen molar-refractivity contribution in [1.82, 2.24) is 10.2 Å². The Kier molecular flexibility index (Phi) is 5.33. The summed E-state index contributed by atoms with van der Waals surface area (Å²) in [6, 6.07) is 13.7. The van der Waals surface area contributed by atoms with Crippen molar-refractivity contribution >= 4 is 5.91 Å². The molecule has 1 aliphatic carbocycles. The van der Waals surface area contributed by atoms with Crippen molar-refractivity contribution in [1.29, 1.82) is 0 Å². The molecule has 2 N–H and O–H groups in total. The van der Waals surface area contributed by atoms with E-state index in [4.69, 9.17) is 4.74 Å². The average Bonchev–Trinajstić information content (AvgIpc) is 2.95. The van der Waals surface area contributed by atoms with Crippen LogP contribution in [0.3, 0.4) is 0 Å². The van der Waals surface area contributed by atoms with E-state index in [9.17, 15) is 14.3 Å². The summed E-state index contributed by atoms with van der Waals surface area (Å²) in [5, 5.41) is 14.0. The molecule has 1 aliphatic heterocycles. The van der Waals surface area contributed by atoms with Gasteiger partial charge >= 0.3 is 0 Å². The zero-order valence-corrected chi connectivity index (χ0v) is 15.8. The molecule has 6 heteroatoms. The van der Waals surface area contributed by atoms with Crippen LogP contribution in [0.1, 0.15) is 24.5 Å². The molecule has 148 valence electrons. The van der Waals surface area contributed by atoms with Gasteiger partial charge in [0.25, 0.3) is 0 Å². The van der Waals surface area contributed by atoms with E-state index in [1.54, 1.807) is 12.1 Å². The maximum absolute atomic E-state index is 13.5. The zero-order chi connectivity index (χ0) is 19.7. The third kappa shape index (κ3) is 3.88. The minimum atomic E-state index is -0.787. The highest BCUT2D eigenvalue weighted by atomic mass is 19.1. The first-order valence-corrected chi connectivity index (χ1v) is 9.69. The fourth-order valence-corrected chi connectivity index (χ4v) is 4.47. The van der Waals surface area contributed by atoms with Gasteiger partial charge in [-0.3, -0.25) is 9.69 Å². The van der Waals surface area contributed by atoms with Crippen LogP contribution in [-0.2, 0) is 17.8 Å². The Hall–Kier alpha value is -2.44. The first-order valence-electron chi connectivity index (χ1n) is 9.69. The molecule has 28 heavy (non-hydrogen) atoms. The second-order valence-electron chi connectivity index (χ2n) is 7.63. The number of aliphatic hydroxyl groups is 1. The molecular formula is C22H25FN2O3. The standard InChI is InChI=1S/C22H25FN2O3/c1-14(26)24-19-12-20(28-18-8-4-7-17(23)11-18)22(27)21(19)25-10-9-15-5-2-3-6-16(15)13-25/h2-8,11,19-22,27H,9-10,12-13H2,1H3,(H,24,26)/t19-,20-,21+,22+/m1/s1. The molecule has 1 amide bonds. The lowest BCUT2D eigenvalue weighted by Crippen LogP contribution is -2.54. The monoisotopic (exact) mass is 384 g/mol. The summed E-state index contributed by atoms with van der Waals surface area (Å²) >= 11 is 0. The van der Waals surface area contributed by atoms with E-state index < -0.39 is 12.2 Å². The summed E-state index contributed by atoms with van der Waals surface area (Å²) in [6.45, 7) is 3.01. The number of carbonyl (C=O) groups is 1. The maximum atomic E-state index is 13.5. The summed E-state index contributed by atoms with van der Waals surface area (Å²) < 4.78 is 19.4. The topological polar surface area (TPSA) is 61.8 Å². The number of carbonyl (C=O) groups excluding carboxylic acids is 1. The maximum Gasteiger partial charge on any atom is 0.217 e. The number of nitrogens with one attached hydrogen (secondary N) is 1. The summed E-state index contributed by atoms with van der Waals surface area (Å²) in [5.74, 6) is -0.131. The Morgan fingerprint density at radius 2 is 2.00 bits per heavy atom. The Balaban J connectivity index is 1.55. The third-order valence-electron chi connectivity index (χ3n) is 5.68. The van der Waals surface area contributed by atoms with Crippen LogP contribution in [0.5, 0.6) is 5.75 Å². The van der Waals surface area contributed by atoms with E-state index in [-0.39, 0.29) is 23.8 Å². The number of aliphatic hydroxyl groups excluding tert-OH is 1. The third-order valence-corrected chi connectivity index (χ3v) is 5.68. The molecule has 2 aromatic rings. The van der Waals surface area contributed by atoms with Gasteiger partial charge in [-0.2, -0.15) is 0 Å². The van der Waals surface area contributed by atoms with Gasteiger partial charge in [-0.05, 0) is 29.7 Å². The van der Waals surface area contributed by atoms with E-state index in [1.807, 2.05) is 12.1 Å². The smallest absolute Gasteiger partial charge is 0.217 e. The zero-order valence-electron chi connectivity index (χ0n) is 15.8. The number of ether oxygens (including phenoxy) is 1. The van der Waals surface area contributed by atoms with Crippen LogP contribution in [0.2, 0.25) is 0 Å². The molecule has 1 fully saturated rings. The van der Waals surface area contributed by atoms with Gasteiger partial charge in [0.1, 0.15) is 23.8 Å². The minimum absolute atomic E-state index is 0.133. The number of fused-ring (bicyclic) bond motifs is 1. The van der Waals surface area contributed by atoms with Crippen molar-refractivity contribution in [2.45, 2.75) is 50.6 Å². The van der Waals surface area contributed by atoms with Gasteiger partial charge in [-0.15, -0.1) is 0 Å². The number of halogens is 1. The van der Waals surface area contributed by atoms with Crippen molar-refractivity contribution in [3.05, 3.63) is 65.5 Å². The normalized spacial score (nSPS) is 27.2. The molecule has 0 unspecified atom stereocenters. The highest BCUT2D eigenvalue weighted by molar-refractivity contribution is 5.73. The molecule has 0 aromatic heterocycles. The molecule has 5 nitrogen and oxygen atoms in total. The van der Waals surface area contributed by atoms with Crippen LogP contribution < -0.4 is 10.1 Å². The van der Waals surface area contributed by atoms with E-state index in [2.05, 4.69) is 22.3 Å². The molecule has 4 rings (SSSR count). The number of hydrogen-bond acceptors (Lipinski definition) is 4. The van der Waals surface area contributed by atoms with Crippen molar-refractivity contribution in [3.8, 4) is 5.75 Å².